The van der Waals surface area contributed by atoms with E-state index < -0.39 is 0 Å². The Labute approximate surface area is 147 Å². The van der Waals surface area contributed by atoms with Crippen LogP contribution < -0.4 is 0 Å². The summed E-state index contributed by atoms with van der Waals surface area (Å²) < 4.78 is 0. The summed E-state index contributed by atoms with van der Waals surface area (Å²) in [5.74, 6) is 0. The van der Waals surface area contributed by atoms with Gasteiger partial charge in [-0.25, -0.2) is 0 Å². The Morgan fingerprint density at radius 3 is 2.08 bits per heavy atom. The van der Waals surface area contributed by atoms with Crippen LogP contribution in [0.3, 0.4) is 0 Å². The minimum atomic E-state index is 0.921. The zero-order valence-electron chi connectivity index (χ0n) is 14.3. The van der Waals surface area contributed by atoms with E-state index in [9.17, 15) is 0 Å². The highest BCUT2D eigenvalue weighted by molar-refractivity contribution is 5.74. The normalized spacial score (nSPS) is 10.8. The van der Waals surface area contributed by atoms with Gasteiger partial charge in [0.05, 0.1) is 17.1 Å². The van der Waals surface area contributed by atoms with Gasteiger partial charge in [0.2, 0.25) is 0 Å². The molecule has 0 atom stereocenters. The molecule has 0 aliphatic rings. The largest absolute Gasteiger partial charge is 0.275 e. The highest BCUT2D eigenvalue weighted by Gasteiger charge is 2.14. The molecule has 0 unspecified atom stereocenters. The maximum atomic E-state index is 4.68. The third-order valence-corrected chi connectivity index (χ3v) is 4.51. The number of nitrogens with one attached hydrogen (secondary N) is 1. The van der Waals surface area contributed by atoms with Crippen LogP contribution in [-0.4, -0.2) is 15.2 Å². The van der Waals surface area contributed by atoms with Crippen molar-refractivity contribution in [3.05, 3.63) is 84.1 Å². The summed E-state index contributed by atoms with van der Waals surface area (Å²) in [6.45, 7) is 4.21. The van der Waals surface area contributed by atoms with E-state index >= 15 is 0 Å². The van der Waals surface area contributed by atoms with Crippen molar-refractivity contribution < 1.29 is 0 Å². The average molecular weight is 325 g/mol. The number of pyridine rings is 1. The summed E-state index contributed by atoms with van der Waals surface area (Å²) in [5, 5.41) is 7.67. The van der Waals surface area contributed by atoms with Gasteiger partial charge in [-0.1, -0.05) is 60.7 Å². The molecular formula is C22H19N3. The summed E-state index contributed by atoms with van der Waals surface area (Å²) in [6, 6.07) is 22.7. The second-order valence-corrected chi connectivity index (χ2v) is 6.19. The maximum Gasteiger partial charge on any atom is 0.0956 e. The molecule has 0 amide bonds. The first-order valence-corrected chi connectivity index (χ1v) is 8.37. The van der Waals surface area contributed by atoms with Gasteiger partial charge in [0, 0.05) is 22.9 Å². The summed E-state index contributed by atoms with van der Waals surface area (Å²) in [6.07, 6.45) is 1.95. The maximum absolute atomic E-state index is 4.68. The molecule has 0 radical (unpaired) electrons. The Bertz CT molecular complexity index is 1000. The van der Waals surface area contributed by atoms with Crippen molar-refractivity contribution in [2.45, 2.75) is 13.8 Å². The summed E-state index contributed by atoms with van der Waals surface area (Å²) in [5.41, 5.74) is 8.64. The van der Waals surface area contributed by atoms with Crippen LogP contribution in [-0.2, 0) is 0 Å². The first kappa shape index (κ1) is 15.3. The quantitative estimate of drug-likeness (QED) is 0.546. The Hall–Kier alpha value is -3.20. The molecule has 3 heteroatoms. The first-order valence-electron chi connectivity index (χ1n) is 8.37. The molecule has 1 N–H and O–H groups in total. The molecule has 2 aromatic carbocycles. The molecular weight excluding hydrogens is 306 g/mol. The zero-order valence-corrected chi connectivity index (χ0v) is 14.3. The van der Waals surface area contributed by atoms with Gasteiger partial charge in [-0.15, -0.1) is 0 Å². The van der Waals surface area contributed by atoms with Gasteiger partial charge in [0.15, 0.2) is 0 Å². The number of rotatable bonds is 3. The van der Waals surface area contributed by atoms with Gasteiger partial charge in [-0.3, -0.25) is 10.1 Å². The standard InChI is InChI=1S/C22H19N3/c1-15-13-20(23-14-19(15)17-9-5-3-6-10-17)22-16(2)21(24-25-22)18-11-7-4-8-12-18/h3-14H,1-2H3,(H,24,25). The molecule has 0 aliphatic carbocycles. The predicted octanol–water partition coefficient (Wildman–Crippen LogP) is 5.42. The Balaban J connectivity index is 1.74. The minimum Gasteiger partial charge on any atom is -0.275 e. The van der Waals surface area contributed by atoms with Gasteiger partial charge in [-0.2, -0.15) is 5.10 Å². The van der Waals surface area contributed by atoms with Crippen molar-refractivity contribution in [2.24, 2.45) is 0 Å². The molecule has 0 aliphatic heterocycles. The lowest BCUT2D eigenvalue weighted by molar-refractivity contribution is 1.09. The highest BCUT2D eigenvalue weighted by Crippen LogP contribution is 2.30. The third kappa shape index (κ3) is 2.85. The predicted molar refractivity (Wildman–Crippen MR) is 102 cm³/mol. The van der Waals surface area contributed by atoms with Crippen LogP contribution in [0.5, 0.6) is 0 Å². The van der Waals surface area contributed by atoms with E-state index in [0.29, 0.717) is 0 Å². The lowest BCUT2D eigenvalue weighted by atomic mass is 10.0. The molecule has 25 heavy (non-hydrogen) atoms. The van der Waals surface area contributed by atoms with Crippen molar-refractivity contribution in [1.82, 2.24) is 15.2 Å². The molecule has 0 saturated carbocycles. The number of H-pyrrole nitrogens is 1. The fourth-order valence-electron chi connectivity index (χ4n) is 3.14. The van der Waals surface area contributed by atoms with E-state index in [1.54, 1.807) is 0 Å². The van der Waals surface area contributed by atoms with Crippen LogP contribution in [0.15, 0.2) is 72.9 Å². The van der Waals surface area contributed by atoms with Crippen molar-refractivity contribution in [3.63, 3.8) is 0 Å². The first-order chi connectivity index (χ1) is 12.2. The zero-order chi connectivity index (χ0) is 17.2. The molecule has 0 fully saturated rings. The van der Waals surface area contributed by atoms with Crippen LogP contribution >= 0.6 is 0 Å². The van der Waals surface area contributed by atoms with Crippen molar-refractivity contribution >= 4 is 0 Å². The van der Waals surface area contributed by atoms with E-state index in [1.807, 2.05) is 42.6 Å². The summed E-state index contributed by atoms with van der Waals surface area (Å²) in [7, 11) is 0. The topological polar surface area (TPSA) is 41.6 Å². The fourth-order valence-corrected chi connectivity index (χ4v) is 3.14. The Kier molecular flexibility index (Phi) is 3.90. The van der Waals surface area contributed by atoms with Crippen LogP contribution in [0.1, 0.15) is 11.1 Å². The number of aromatic nitrogens is 3. The number of aryl methyl sites for hydroxylation is 1. The number of aromatic amines is 1. The molecule has 2 heterocycles. The summed E-state index contributed by atoms with van der Waals surface area (Å²) in [4.78, 5) is 4.68. The molecule has 4 rings (SSSR count). The smallest absolute Gasteiger partial charge is 0.0956 e. The molecule has 4 aromatic rings. The fraction of sp³-hybridized carbons (Fsp3) is 0.0909. The van der Waals surface area contributed by atoms with E-state index in [1.165, 1.54) is 11.1 Å². The Morgan fingerprint density at radius 2 is 1.44 bits per heavy atom. The van der Waals surface area contributed by atoms with E-state index in [-0.39, 0.29) is 0 Å². The lowest BCUT2D eigenvalue weighted by Gasteiger charge is -2.08. The van der Waals surface area contributed by atoms with Crippen LogP contribution in [0, 0.1) is 13.8 Å². The van der Waals surface area contributed by atoms with E-state index in [4.69, 9.17) is 0 Å². The number of hydrogen-bond acceptors (Lipinski definition) is 2. The summed E-state index contributed by atoms with van der Waals surface area (Å²) >= 11 is 0. The van der Waals surface area contributed by atoms with Gasteiger partial charge < -0.3 is 0 Å². The van der Waals surface area contributed by atoms with Crippen LogP contribution in [0.4, 0.5) is 0 Å². The molecule has 2 aromatic heterocycles. The van der Waals surface area contributed by atoms with Gasteiger partial charge in [0.1, 0.15) is 0 Å². The van der Waals surface area contributed by atoms with Gasteiger partial charge in [-0.05, 0) is 31.0 Å². The van der Waals surface area contributed by atoms with E-state index in [2.05, 4.69) is 59.4 Å². The number of nitrogens with zero attached hydrogens (tertiary/aromatic N) is 2. The molecule has 0 bridgehead atoms. The second-order valence-electron chi connectivity index (χ2n) is 6.19. The Morgan fingerprint density at radius 1 is 0.800 bits per heavy atom. The van der Waals surface area contributed by atoms with Crippen molar-refractivity contribution in [1.29, 1.82) is 0 Å². The van der Waals surface area contributed by atoms with Crippen LogP contribution in [0.2, 0.25) is 0 Å². The molecule has 3 nitrogen and oxygen atoms in total. The molecule has 0 spiro atoms. The monoisotopic (exact) mass is 325 g/mol. The van der Waals surface area contributed by atoms with Crippen molar-refractivity contribution in [3.8, 4) is 33.8 Å². The minimum absolute atomic E-state index is 0.921. The van der Waals surface area contributed by atoms with Crippen LogP contribution in [0.25, 0.3) is 33.8 Å². The lowest BCUT2D eigenvalue weighted by Crippen LogP contribution is -1.91. The van der Waals surface area contributed by atoms with Gasteiger partial charge >= 0.3 is 0 Å². The second kappa shape index (κ2) is 6.36. The van der Waals surface area contributed by atoms with E-state index in [0.717, 1.165) is 33.8 Å². The molecule has 122 valence electrons. The SMILES string of the molecule is Cc1cc(-c2[nH]nc(-c3ccccc3)c2C)ncc1-c1ccccc1. The third-order valence-electron chi connectivity index (χ3n) is 4.51. The number of hydrogen-bond donors (Lipinski definition) is 1. The van der Waals surface area contributed by atoms with Crippen molar-refractivity contribution in [2.75, 3.05) is 0 Å². The number of benzene rings is 2. The highest BCUT2D eigenvalue weighted by atomic mass is 15.1. The van der Waals surface area contributed by atoms with Gasteiger partial charge in [0.25, 0.3) is 0 Å². The average Bonchev–Trinajstić information content (AvgIpc) is 3.04. The molecule has 0 saturated heterocycles.